The molecule has 3 heterocycles. The van der Waals surface area contributed by atoms with Crippen LogP contribution in [-0.4, -0.2) is 19.9 Å². The minimum Gasteiger partial charge on any atom is -0.368 e. The number of rotatable bonds is 3. The molecule has 0 unspecified atom stereocenters. The number of hydrogen-bond acceptors (Lipinski definition) is 5. The molecule has 5 nitrogen and oxygen atoms in total. The predicted octanol–water partition coefficient (Wildman–Crippen LogP) is 4.02. The maximum Gasteiger partial charge on any atom is 0.220 e. The van der Waals surface area contributed by atoms with Crippen molar-refractivity contribution in [3.05, 3.63) is 76.7 Å². The second kappa shape index (κ2) is 6.57. The summed E-state index contributed by atoms with van der Waals surface area (Å²) in [6.07, 6.45) is 4.18. The first-order valence-electron chi connectivity index (χ1n) is 7.77. The van der Waals surface area contributed by atoms with Crippen LogP contribution in [0, 0.1) is 0 Å². The molecule has 0 aliphatic heterocycles. The molecule has 122 valence electrons. The summed E-state index contributed by atoms with van der Waals surface area (Å²) in [5.74, 6) is 0.261. The molecule has 0 saturated carbocycles. The van der Waals surface area contributed by atoms with E-state index in [-0.39, 0.29) is 5.95 Å². The van der Waals surface area contributed by atoms with Gasteiger partial charge in [-0.3, -0.25) is 4.98 Å². The summed E-state index contributed by atoms with van der Waals surface area (Å²) in [6, 6.07) is 16.0. The number of anilines is 1. The van der Waals surface area contributed by atoms with Crippen LogP contribution in [0.15, 0.2) is 65.4 Å². The lowest BCUT2D eigenvalue weighted by Crippen LogP contribution is -2.03. The molecule has 0 aliphatic carbocycles. The number of nitrogens with zero attached hydrogens (tertiary/aromatic N) is 4. The number of nitrogen functional groups attached to an aromatic ring is 1. The maximum atomic E-state index is 5.88. The van der Waals surface area contributed by atoms with Crippen molar-refractivity contribution in [1.29, 1.82) is 0 Å². The summed E-state index contributed by atoms with van der Waals surface area (Å²) in [6.45, 7) is 0. The summed E-state index contributed by atoms with van der Waals surface area (Å²) in [4.78, 5) is 17.7. The van der Waals surface area contributed by atoms with E-state index in [0.717, 1.165) is 38.0 Å². The normalized spacial score (nSPS) is 10.9. The second-order valence-corrected chi connectivity index (χ2v) is 6.56. The maximum absolute atomic E-state index is 5.88. The highest BCUT2D eigenvalue weighted by Gasteiger charge is 2.11. The Kier molecular flexibility index (Phi) is 4.11. The van der Waals surface area contributed by atoms with Gasteiger partial charge in [-0.15, -0.1) is 0 Å². The van der Waals surface area contributed by atoms with Gasteiger partial charge < -0.3 is 5.73 Å². The lowest BCUT2D eigenvalue weighted by Gasteiger charge is -2.08. The lowest BCUT2D eigenvalue weighted by molar-refractivity contribution is 1.06. The fourth-order valence-corrected chi connectivity index (χ4v) is 3.08. The van der Waals surface area contributed by atoms with Gasteiger partial charge in [0.15, 0.2) is 0 Å². The molecule has 2 N–H and O–H groups in total. The number of fused-ring (bicyclic) bond motifs is 1. The van der Waals surface area contributed by atoms with Crippen LogP contribution in [-0.2, 0) is 6.42 Å². The van der Waals surface area contributed by atoms with Gasteiger partial charge in [-0.2, -0.15) is 0 Å². The van der Waals surface area contributed by atoms with Gasteiger partial charge in [-0.05, 0) is 39.7 Å². The molecule has 25 heavy (non-hydrogen) atoms. The molecule has 0 saturated heterocycles. The zero-order chi connectivity index (χ0) is 17.2. The molecule has 0 bridgehead atoms. The monoisotopic (exact) mass is 391 g/mol. The Morgan fingerprint density at radius 3 is 2.56 bits per heavy atom. The molecule has 0 radical (unpaired) electrons. The topological polar surface area (TPSA) is 77.6 Å². The zero-order valence-corrected chi connectivity index (χ0v) is 14.8. The fourth-order valence-electron chi connectivity index (χ4n) is 2.72. The number of hydrogen-bond donors (Lipinski definition) is 1. The van der Waals surface area contributed by atoms with Crippen molar-refractivity contribution in [1.82, 2.24) is 19.9 Å². The van der Waals surface area contributed by atoms with Crippen molar-refractivity contribution < 1.29 is 0 Å². The van der Waals surface area contributed by atoms with Gasteiger partial charge in [0.05, 0.1) is 16.9 Å². The minimum absolute atomic E-state index is 0.261. The average Bonchev–Trinajstić information content (AvgIpc) is 2.62. The smallest absolute Gasteiger partial charge is 0.220 e. The Bertz CT molecular complexity index is 1050. The van der Waals surface area contributed by atoms with Crippen LogP contribution >= 0.6 is 15.9 Å². The largest absolute Gasteiger partial charge is 0.368 e. The highest BCUT2D eigenvalue weighted by molar-refractivity contribution is 9.10. The first kappa shape index (κ1) is 15.7. The summed E-state index contributed by atoms with van der Waals surface area (Å²) < 4.78 is 0.907. The van der Waals surface area contributed by atoms with E-state index in [4.69, 9.17) is 10.7 Å². The van der Waals surface area contributed by atoms with Gasteiger partial charge in [0.1, 0.15) is 5.52 Å². The SMILES string of the molecule is Nc1nc(Cc2ccccc2)c2nc(-c3cncc(Br)c3)ccc2n1. The number of halogens is 1. The van der Waals surface area contributed by atoms with E-state index in [1.54, 1.807) is 12.4 Å². The highest BCUT2D eigenvalue weighted by atomic mass is 79.9. The quantitative estimate of drug-likeness (QED) is 0.570. The van der Waals surface area contributed by atoms with Gasteiger partial charge in [0.25, 0.3) is 0 Å². The fraction of sp³-hybridized carbons (Fsp3) is 0.0526. The third-order valence-corrected chi connectivity index (χ3v) is 4.28. The second-order valence-electron chi connectivity index (χ2n) is 5.65. The van der Waals surface area contributed by atoms with Crippen LogP contribution in [0.4, 0.5) is 5.95 Å². The Morgan fingerprint density at radius 1 is 0.920 bits per heavy atom. The van der Waals surface area contributed by atoms with Crippen molar-refractivity contribution in [2.24, 2.45) is 0 Å². The zero-order valence-electron chi connectivity index (χ0n) is 13.2. The van der Waals surface area contributed by atoms with Crippen LogP contribution in [0.25, 0.3) is 22.3 Å². The van der Waals surface area contributed by atoms with Gasteiger partial charge in [0.2, 0.25) is 5.95 Å². The van der Waals surface area contributed by atoms with Crippen molar-refractivity contribution in [3.8, 4) is 11.3 Å². The molecule has 0 spiro atoms. The summed E-state index contributed by atoms with van der Waals surface area (Å²) in [5, 5.41) is 0. The van der Waals surface area contributed by atoms with Crippen LogP contribution in [0.1, 0.15) is 11.3 Å². The van der Waals surface area contributed by atoms with Crippen LogP contribution in [0.3, 0.4) is 0 Å². The Labute approximate surface area is 153 Å². The van der Waals surface area contributed by atoms with Gasteiger partial charge in [-0.25, -0.2) is 15.0 Å². The van der Waals surface area contributed by atoms with E-state index in [0.29, 0.717) is 6.42 Å². The lowest BCUT2D eigenvalue weighted by atomic mass is 10.1. The number of aromatic nitrogens is 4. The van der Waals surface area contributed by atoms with E-state index in [1.165, 1.54) is 0 Å². The Morgan fingerprint density at radius 2 is 1.76 bits per heavy atom. The van der Waals surface area contributed by atoms with Crippen molar-refractivity contribution in [2.45, 2.75) is 6.42 Å². The molecule has 1 aromatic carbocycles. The minimum atomic E-state index is 0.261. The molecular weight excluding hydrogens is 378 g/mol. The Balaban J connectivity index is 1.85. The van der Waals surface area contributed by atoms with Crippen molar-refractivity contribution in [3.63, 3.8) is 0 Å². The summed E-state index contributed by atoms with van der Waals surface area (Å²) >= 11 is 3.45. The number of benzene rings is 1. The van der Waals surface area contributed by atoms with Gasteiger partial charge in [-0.1, -0.05) is 30.3 Å². The van der Waals surface area contributed by atoms with Crippen LogP contribution in [0.2, 0.25) is 0 Å². The standard InChI is InChI=1S/C19H14BrN5/c20-14-9-13(10-22-11-14)15-6-7-16-18(23-15)17(25-19(21)24-16)8-12-4-2-1-3-5-12/h1-7,9-11H,8H2,(H2,21,24,25). The summed E-state index contributed by atoms with van der Waals surface area (Å²) in [7, 11) is 0. The summed E-state index contributed by atoms with van der Waals surface area (Å²) in [5.41, 5.74) is 11.1. The molecule has 0 atom stereocenters. The van der Waals surface area contributed by atoms with Crippen molar-refractivity contribution in [2.75, 3.05) is 5.73 Å². The van der Waals surface area contributed by atoms with Crippen molar-refractivity contribution >= 4 is 32.9 Å². The van der Waals surface area contributed by atoms with E-state index in [1.807, 2.05) is 36.4 Å². The van der Waals surface area contributed by atoms with Gasteiger partial charge in [0, 0.05) is 28.9 Å². The molecule has 0 amide bonds. The predicted molar refractivity (Wildman–Crippen MR) is 102 cm³/mol. The first-order valence-corrected chi connectivity index (χ1v) is 8.56. The van der Waals surface area contributed by atoms with E-state index < -0.39 is 0 Å². The molecule has 6 heteroatoms. The molecular formula is C19H14BrN5. The molecule has 3 aromatic heterocycles. The van der Waals surface area contributed by atoms with Crippen LogP contribution < -0.4 is 5.73 Å². The Hall–Kier alpha value is -2.86. The molecule has 0 aliphatic rings. The van der Waals surface area contributed by atoms with E-state index in [2.05, 4.69) is 43.0 Å². The first-order chi connectivity index (χ1) is 12.2. The molecule has 4 rings (SSSR count). The van der Waals surface area contributed by atoms with Gasteiger partial charge >= 0.3 is 0 Å². The average molecular weight is 392 g/mol. The molecule has 0 fully saturated rings. The molecule has 4 aromatic rings. The number of pyridine rings is 2. The number of nitrogens with two attached hydrogens (primary N) is 1. The van der Waals surface area contributed by atoms with E-state index in [9.17, 15) is 0 Å². The van der Waals surface area contributed by atoms with E-state index >= 15 is 0 Å². The highest BCUT2D eigenvalue weighted by Crippen LogP contribution is 2.24. The third-order valence-electron chi connectivity index (χ3n) is 3.85. The van der Waals surface area contributed by atoms with Crippen LogP contribution in [0.5, 0.6) is 0 Å². The third kappa shape index (κ3) is 3.34.